The molecule has 0 heterocycles. The van der Waals surface area contributed by atoms with E-state index in [1.165, 1.54) is 0 Å². The van der Waals surface area contributed by atoms with Crippen molar-refractivity contribution in [3.63, 3.8) is 0 Å². The van der Waals surface area contributed by atoms with Crippen molar-refractivity contribution in [1.82, 2.24) is 0 Å². The fraction of sp³-hybridized carbons (Fsp3) is 0.385. The maximum Gasteiger partial charge on any atom is 0.248 e. The average molecular weight is 220 g/mol. The van der Waals surface area contributed by atoms with Gasteiger partial charge in [0.15, 0.2) is 0 Å². The summed E-state index contributed by atoms with van der Waals surface area (Å²) in [6.45, 7) is 4.45. The van der Waals surface area contributed by atoms with Crippen LogP contribution in [0.4, 0.5) is 0 Å². The Morgan fingerprint density at radius 1 is 1.31 bits per heavy atom. The lowest BCUT2D eigenvalue weighted by Gasteiger charge is -2.06. The lowest BCUT2D eigenvalue weighted by Crippen LogP contribution is -2.10. The zero-order valence-corrected chi connectivity index (χ0v) is 9.45. The van der Waals surface area contributed by atoms with Gasteiger partial charge in [-0.3, -0.25) is 4.79 Å². The molecule has 0 fully saturated rings. The number of hydrogen-bond donors (Lipinski definition) is 1. The van der Waals surface area contributed by atoms with E-state index in [9.17, 15) is 4.79 Å². The van der Waals surface area contributed by atoms with Crippen LogP contribution in [0.1, 0.15) is 36.0 Å². The molecule has 1 aromatic rings. The van der Waals surface area contributed by atoms with Crippen molar-refractivity contribution in [2.24, 2.45) is 5.73 Å². The van der Waals surface area contributed by atoms with Crippen LogP contribution >= 0.6 is 0 Å². The summed E-state index contributed by atoms with van der Waals surface area (Å²) in [7, 11) is 0. The molecule has 3 heteroatoms. The van der Waals surface area contributed by atoms with Gasteiger partial charge >= 0.3 is 0 Å². The second kappa shape index (κ2) is 6.88. The molecule has 0 atom stereocenters. The Morgan fingerprint density at radius 3 is 2.81 bits per heavy atom. The van der Waals surface area contributed by atoms with E-state index < -0.39 is 5.91 Å². The van der Waals surface area contributed by atoms with Crippen LogP contribution in [0.25, 0.3) is 0 Å². The number of benzene rings is 1. The normalized spacial score (nSPS) is 10.1. The van der Waals surface area contributed by atoms with Gasteiger partial charge in [0.1, 0.15) is 5.75 Å². The van der Waals surface area contributed by atoms with Crippen LogP contribution in [-0.4, -0.2) is 12.5 Å². The molecule has 0 aromatic heterocycles. The maximum atomic E-state index is 10.9. The molecule has 0 aliphatic rings. The third-order valence-corrected chi connectivity index (χ3v) is 2.28. The van der Waals surface area contributed by atoms with E-state index in [0.29, 0.717) is 17.9 Å². The summed E-state index contributed by atoms with van der Waals surface area (Å²) in [5, 5.41) is 0. The smallest absolute Gasteiger partial charge is 0.248 e. The average Bonchev–Trinajstić information content (AvgIpc) is 2.29. The van der Waals surface area contributed by atoms with Crippen LogP contribution in [0.15, 0.2) is 24.3 Å². The summed E-state index contributed by atoms with van der Waals surface area (Å²) in [5.41, 5.74) is 5.66. The Balaban J connectivity index is 2.36. The predicted molar refractivity (Wildman–Crippen MR) is 64.3 cm³/mol. The number of nitrogens with two attached hydrogens (primary N) is 1. The van der Waals surface area contributed by atoms with Crippen molar-refractivity contribution in [2.75, 3.05) is 6.61 Å². The first kappa shape index (κ1) is 12.6. The van der Waals surface area contributed by atoms with E-state index in [0.717, 1.165) is 25.7 Å². The van der Waals surface area contributed by atoms with Gasteiger partial charge in [-0.05, 0) is 24.6 Å². The molecule has 0 saturated heterocycles. The summed E-state index contributed by atoms with van der Waals surface area (Å²) < 4.78 is 5.52. The Kier molecular flexibility index (Phi) is 5.40. The monoisotopic (exact) mass is 220 g/mol. The molecule has 1 rings (SSSR count). The molecular weight excluding hydrogens is 202 g/mol. The molecule has 1 amide bonds. The summed E-state index contributed by atoms with van der Waals surface area (Å²) in [4.78, 5) is 10.9. The molecule has 0 bridgehead atoms. The zero-order chi connectivity index (χ0) is 11.8. The highest BCUT2D eigenvalue weighted by molar-refractivity contribution is 5.93. The van der Waals surface area contributed by atoms with Crippen molar-refractivity contribution in [3.05, 3.63) is 36.8 Å². The van der Waals surface area contributed by atoms with Crippen molar-refractivity contribution >= 4 is 5.91 Å². The molecular formula is C13H18NO2. The van der Waals surface area contributed by atoms with Crippen LogP contribution in [0, 0.1) is 6.92 Å². The van der Waals surface area contributed by atoms with Gasteiger partial charge in [0, 0.05) is 5.56 Å². The Morgan fingerprint density at radius 2 is 2.12 bits per heavy atom. The summed E-state index contributed by atoms with van der Waals surface area (Å²) in [6.07, 6.45) is 4.23. The number of amides is 1. The van der Waals surface area contributed by atoms with E-state index in [4.69, 9.17) is 10.5 Å². The van der Waals surface area contributed by atoms with Gasteiger partial charge in [0.2, 0.25) is 5.91 Å². The van der Waals surface area contributed by atoms with E-state index in [1.807, 2.05) is 6.07 Å². The van der Waals surface area contributed by atoms with Gasteiger partial charge in [-0.25, -0.2) is 0 Å². The minimum absolute atomic E-state index is 0.428. The molecule has 1 aromatic carbocycles. The van der Waals surface area contributed by atoms with Gasteiger partial charge in [-0.2, -0.15) is 0 Å². The quantitative estimate of drug-likeness (QED) is 0.718. The molecule has 0 saturated carbocycles. The molecule has 3 nitrogen and oxygen atoms in total. The number of carbonyl (C=O) groups excluding carboxylic acids is 1. The molecule has 1 radical (unpaired) electrons. The van der Waals surface area contributed by atoms with E-state index in [2.05, 4.69) is 6.92 Å². The Hall–Kier alpha value is -1.51. The Labute approximate surface area is 96.6 Å². The lowest BCUT2D eigenvalue weighted by atomic mass is 10.2. The number of carbonyl (C=O) groups is 1. The van der Waals surface area contributed by atoms with Crippen LogP contribution in [0.5, 0.6) is 5.75 Å². The second-order valence-corrected chi connectivity index (χ2v) is 3.65. The highest BCUT2D eigenvalue weighted by atomic mass is 16.5. The van der Waals surface area contributed by atoms with Crippen LogP contribution in [0.3, 0.4) is 0 Å². The van der Waals surface area contributed by atoms with Crippen molar-refractivity contribution < 1.29 is 9.53 Å². The Bertz CT molecular complexity index is 336. The predicted octanol–water partition coefficient (Wildman–Crippen LogP) is 2.56. The van der Waals surface area contributed by atoms with Crippen LogP contribution < -0.4 is 10.5 Å². The van der Waals surface area contributed by atoms with Crippen LogP contribution in [-0.2, 0) is 0 Å². The number of rotatable bonds is 7. The largest absolute Gasteiger partial charge is 0.494 e. The molecule has 87 valence electrons. The molecule has 0 unspecified atom stereocenters. The second-order valence-electron chi connectivity index (χ2n) is 3.65. The summed E-state index contributed by atoms with van der Waals surface area (Å²) >= 11 is 0. The van der Waals surface area contributed by atoms with E-state index in [1.54, 1.807) is 18.2 Å². The van der Waals surface area contributed by atoms with Gasteiger partial charge in [0.25, 0.3) is 0 Å². The van der Waals surface area contributed by atoms with E-state index >= 15 is 0 Å². The highest BCUT2D eigenvalue weighted by Gasteiger charge is 2.01. The van der Waals surface area contributed by atoms with Gasteiger partial charge in [-0.1, -0.05) is 32.3 Å². The van der Waals surface area contributed by atoms with E-state index in [-0.39, 0.29) is 0 Å². The number of unbranched alkanes of at least 4 members (excludes halogenated alkanes) is 3. The van der Waals surface area contributed by atoms with Crippen molar-refractivity contribution in [2.45, 2.75) is 25.7 Å². The van der Waals surface area contributed by atoms with Gasteiger partial charge in [0.05, 0.1) is 6.61 Å². The molecule has 0 aliphatic carbocycles. The third-order valence-electron chi connectivity index (χ3n) is 2.28. The summed E-state index contributed by atoms with van der Waals surface area (Å²) in [6, 6.07) is 6.95. The molecule has 16 heavy (non-hydrogen) atoms. The lowest BCUT2D eigenvalue weighted by molar-refractivity contribution is 0.1000. The fourth-order valence-electron chi connectivity index (χ4n) is 1.38. The standard InChI is InChI=1S/C13H18NO2/c1-2-3-4-5-9-16-12-8-6-7-11(10-12)13(14)15/h6-8,10H,1-5,9H2,(H2,14,15). The number of hydrogen-bond acceptors (Lipinski definition) is 2. The first-order valence-electron chi connectivity index (χ1n) is 5.56. The highest BCUT2D eigenvalue weighted by Crippen LogP contribution is 2.13. The summed E-state index contributed by atoms with van der Waals surface area (Å²) in [5.74, 6) is 0.272. The van der Waals surface area contributed by atoms with Gasteiger partial charge < -0.3 is 10.5 Å². The zero-order valence-electron chi connectivity index (χ0n) is 9.45. The minimum Gasteiger partial charge on any atom is -0.494 e. The van der Waals surface area contributed by atoms with Gasteiger partial charge in [-0.15, -0.1) is 0 Å². The van der Waals surface area contributed by atoms with Crippen molar-refractivity contribution in [1.29, 1.82) is 0 Å². The molecule has 0 aliphatic heterocycles. The fourth-order valence-corrected chi connectivity index (χ4v) is 1.38. The molecule has 2 N–H and O–H groups in total. The SMILES string of the molecule is [CH2]CCCCCOc1cccc(C(N)=O)c1. The van der Waals surface area contributed by atoms with Crippen molar-refractivity contribution in [3.8, 4) is 5.75 Å². The third kappa shape index (κ3) is 4.34. The first-order chi connectivity index (χ1) is 7.74. The van der Waals surface area contributed by atoms with Crippen LogP contribution in [0.2, 0.25) is 0 Å². The molecule has 0 spiro atoms. The number of ether oxygens (including phenoxy) is 1. The maximum absolute atomic E-state index is 10.9. The topological polar surface area (TPSA) is 52.3 Å². The first-order valence-corrected chi connectivity index (χ1v) is 5.56. The number of primary amides is 1. The minimum atomic E-state index is -0.428.